The van der Waals surface area contributed by atoms with E-state index in [0.717, 1.165) is 17.1 Å². The zero-order chi connectivity index (χ0) is 12.8. The van der Waals surface area contributed by atoms with E-state index in [0.29, 0.717) is 0 Å². The molecule has 0 aliphatic rings. The van der Waals surface area contributed by atoms with Crippen LogP contribution in [0.5, 0.6) is 11.5 Å². The minimum atomic E-state index is 0.0257. The van der Waals surface area contributed by atoms with Crippen LogP contribution < -0.4 is 9.47 Å². The molecule has 1 aromatic rings. The molecular formula is C14H24O2. The zero-order valence-corrected chi connectivity index (χ0v) is 11.5. The Balaban J connectivity index is 0.00000106. The Labute approximate surface area is 99.6 Å². The molecular weight excluding hydrogens is 200 g/mol. The second-order valence-corrected chi connectivity index (χ2v) is 4.29. The fourth-order valence-electron chi connectivity index (χ4n) is 1.59. The van der Waals surface area contributed by atoms with Gasteiger partial charge >= 0.3 is 0 Å². The van der Waals surface area contributed by atoms with Crippen LogP contribution in [-0.4, -0.2) is 14.2 Å². The minimum absolute atomic E-state index is 0.0257. The summed E-state index contributed by atoms with van der Waals surface area (Å²) in [7, 11) is 3.37. The molecule has 0 spiro atoms. The van der Waals surface area contributed by atoms with E-state index in [1.165, 1.54) is 0 Å². The van der Waals surface area contributed by atoms with Gasteiger partial charge in [-0.25, -0.2) is 0 Å². The van der Waals surface area contributed by atoms with Crippen LogP contribution in [0.4, 0.5) is 0 Å². The summed E-state index contributed by atoms with van der Waals surface area (Å²) in [6, 6.07) is 5.86. The van der Waals surface area contributed by atoms with Gasteiger partial charge in [0.1, 0.15) is 11.5 Å². The maximum Gasteiger partial charge on any atom is 0.126 e. The molecule has 0 unspecified atom stereocenters. The molecule has 16 heavy (non-hydrogen) atoms. The Morgan fingerprint density at radius 1 is 0.875 bits per heavy atom. The molecule has 0 atom stereocenters. The van der Waals surface area contributed by atoms with Crippen molar-refractivity contribution in [1.82, 2.24) is 0 Å². The van der Waals surface area contributed by atoms with Gasteiger partial charge in [0.15, 0.2) is 0 Å². The summed E-state index contributed by atoms with van der Waals surface area (Å²) >= 11 is 0. The van der Waals surface area contributed by atoms with Crippen LogP contribution in [0.25, 0.3) is 0 Å². The smallest absolute Gasteiger partial charge is 0.126 e. The molecule has 0 amide bonds. The highest BCUT2D eigenvalue weighted by Crippen LogP contribution is 2.38. The van der Waals surface area contributed by atoms with Crippen LogP contribution in [0.3, 0.4) is 0 Å². The third-order valence-corrected chi connectivity index (χ3v) is 2.18. The highest BCUT2D eigenvalue weighted by molar-refractivity contribution is 5.48. The number of ether oxygens (including phenoxy) is 2. The van der Waals surface area contributed by atoms with Crippen molar-refractivity contribution in [2.45, 2.75) is 40.0 Å². The van der Waals surface area contributed by atoms with Crippen LogP contribution in [-0.2, 0) is 5.41 Å². The van der Waals surface area contributed by atoms with Gasteiger partial charge in [0.05, 0.1) is 14.2 Å². The van der Waals surface area contributed by atoms with Crippen molar-refractivity contribution in [3.05, 3.63) is 23.8 Å². The summed E-state index contributed by atoms with van der Waals surface area (Å²) in [6.45, 7) is 10.4. The Morgan fingerprint density at radius 2 is 1.25 bits per heavy atom. The van der Waals surface area contributed by atoms with Gasteiger partial charge in [0, 0.05) is 5.56 Å². The lowest BCUT2D eigenvalue weighted by Gasteiger charge is -2.24. The number of benzene rings is 1. The maximum atomic E-state index is 5.33. The Hall–Kier alpha value is -1.18. The lowest BCUT2D eigenvalue weighted by molar-refractivity contribution is 0.367. The summed E-state index contributed by atoms with van der Waals surface area (Å²) in [4.78, 5) is 0. The SMILES string of the molecule is CC.COc1cccc(OC)c1C(C)(C)C. The Morgan fingerprint density at radius 3 is 1.50 bits per heavy atom. The first-order valence-electron chi connectivity index (χ1n) is 5.72. The largest absolute Gasteiger partial charge is 0.496 e. The molecule has 92 valence electrons. The quantitative estimate of drug-likeness (QED) is 0.755. The predicted octanol–water partition coefficient (Wildman–Crippen LogP) is 4.03. The van der Waals surface area contributed by atoms with Gasteiger partial charge in [0.25, 0.3) is 0 Å². The Kier molecular flexibility index (Phi) is 5.94. The first-order chi connectivity index (χ1) is 7.50. The van der Waals surface area contributed by atoms with E-state index in [1.54, 1.807) is 14.2 Å². The first-order valence-corrected chi connectivity index (χ1v) is 5.72. The molecule has 0 bridgehead atoms. The van der Waals surface area contributed by atoms with Crippen molar-refractivity contribution in [1.29, 1.82) is 0 Å². The molecule has 0 fully saturated rings. The van der Waals surface area contributed by atoms with Crippen molar-refractivity contribution in [3.8, 4) is 11.5 Å². The molecule has 0 saturated carbocycles. The molecule has 1 aromatic carbocycles. The molecule has 0 N–H and O–H groups in total. The first kappa shape index (κ1) is 14.8. The van der Waals surface area contributed by atoms with Crippen molar-refractivity contribution in [3.63, 3.8) is 0 Å². The third-order valence-electron chi connectivity index (χ3n) is 2.18. The third kappa shape index (κ3) is 3.44. The normalized spacial score (nSPS) is 10.2. The molecule has 0 radical (unpaired) electrons. The average molecular weight is 224 g/mol. The van der Waals surface area contributed by atoms with E-state index >= 15 is 0 Å². The molecule has 2 heteroatoms. The highest BCUT2D eigenvalue weighted by atomic mass is 16.5. The molecule has 0 aliphatic heterocycles. The molecule has 0 aromatic heterocycles. The fraction of sp³-hybridized carbons (Fsp3) is 0.571. The van der Waals surface area contributed by atoms with Gasteiger partial charge in [-0.1, -0.05) is 40.7 Å². The van der Waals surface area contributed by atoms with Crippen molar-refractivity contribution < 1.29 is 9.47 Å². The van der Waals surface area contributed by atoms with Crippen LogP contribution in [0.1, 0.15) is 40.2 Å². The second-order valence-electron chi connectivity index (χ2n) is 4.29. The summed E-state index contributed by atoms with van der Waals surface area (Å²) < 4.78 is 10.7. The van der Waals surface area contributed by atoms with Crippen LogP contribution >= 0.6 is 0 Å². The van der Waals surface area contributed by atoms with Gasteiger partial charge in [-0.3, -0.25) is 0 Å². The summed E-state index contributed by atoms with van der Waals surface area (Å²) in [5, 5.41) is 0. The average Bonchev–Trinajstić information content (AvgIpc) is 2.29. The molecule has 0 aliphatic carbocycles. The van der Waals surface area contributed by atoms with E-state index in [4.69, 9.17) is 9.47 Å². The number of methoxy groups -OCH3 is 2. The maximum absolute atomic E-state index is 5.33. The topological polar surface area (TPSA) is 18.5 Å². The number of hydrogen-bond donors (Lipinski definition) is 0. The van der Waals surface area contributed by atoms with Crippen molar-refractivity contribution in [2.24, 2.45) is 0 Å². The number of rotatable bonds is 2. The lowest BCUT2D eigenvalue weighted by Crippen LogP contribution is -2.14. The van der Waals surface area contributed by atoms with Crippen LogP contribution in [0.15, 0.2) is 18.2 Å². The minimum Gasteiger partial charge on any atom is -0.496 e. The van der Waals surface area contributed by atoms with E-state index in [-0.39, 0.29) is 5.41 Å². The van der Waals surface area contributed by atoms with Crippen molar-refractivity contribution >= 4 is 0 Å². The zero-order valence-electron chi connectivity index (χ0n) is 11.5. The fourth-order valence-corrected chi connectivity index (χ4v) is 1.59. The van der Waals surface area contributed by atoms with E-state index < -0.39 is 0 Å². The second kappa shape index (κ2) is 6.41. The summed E-state index contributed by atoms with van der Waals surface area (Å²) in [6.07, 6.45) is 0. The Bertz CT molecular complexity index is 289. The molecule has 1 rings (SSSR count). The standard InChI is InChI=1S/C12H18O2.C2H6/c1-12(2,3)11-9(13-4)7-6-8-10(11)14-5;1-2/h6-8H,1-5H3;1-2H3. The van der Waals surface area contributed by atoms with Gasteiger partial charge in [-0.15, -0.1) is 0 Å². The van der Waals surface area contributed by atoms with E-state index in [9.17, 15) is 0 Å². The predicted molar refractivity (Wildman–Crippen MR) is 69.6 cm³/mol. The van der Waals surface area contributed by atoms with E-state index in [1.807, 2.05) is 32.0 Å². The number of hydrogen-bond acceptors (Lipinski definition) is 2. The molecule has 0 heterocycles. The highest BCUT2D eigenvalue weighted by Gasteiger charge is 2.23. The monoisotopic (exact) mass is 224 g/mol. The van der Waals surface area contributed by atoms with Gasteiger partial charge in [0.2, 0.25) is 0 Å². The van der Waals surface area contributed by atoms with Crippen molar-refractivity contribution in [2.75, 3.05) is 14.2 Å². The lowest BCUT2D eigenvalue weighted by atomic mass is 9.85. The molecule has 0 saturated heterocycles. The van der Waals surface area contributed by atoms with Gasteiger partial charge in [-0.05, 0) is 17.5 Å². The summed E-state index contributed by atoms with van der Waals surface area (Å²) in [5.74, 6) is 1.77. The van der Waals surface area contributed by atoms with Crippen LogP contribution in [0.2, 0.25) is 0 Å². The molecule has 2 nitrogen and oxygen atoms in total. The van der Waals surface area contributed by atoms with Crippen LogP contribution in [0, 0.1) is 0 Å². The summed E-state index contributed by atoms with van der Waals surface area (Å²) in [5.41, 5.74) is 1.14. The van der Waals surface area contributed by atoms with E-state index in [2.05, 4.69) is 20.8 Å². The van der Waals surface area contributed by atoms with Gasteiger partial charge in [-0.2, -0.15) is 0 Å². The van der Waals surface area contributed by atoms with Gasteiger partial charge < -0.3 is 9.47 Å².